The van der Waals surface area contributed by atoms with E-state index in [1.807, 2.05) is 0 Å². The maximum atomic E-state index is 13.0. The molecular formula is C18H19BrFN3O2S. The predicted molar refractivity (Wildman–Crippen MR) is 104 cm³/mol. The molecule has 1 aromatic carbocycles. The zero-order valence-electron chi connectivity index (χ0n) is 14.2. The summed E-state index contributed by atoms with van der Waals surface area (Å²) >= 11 is 4.66. The molecule has 0 radical (unpaired) electrons. The summed E-state index contributed by atoms with van der Waals surface area (Å²) in [6.45, 7) is 4.20. The third-order valence-electron chi connectivity index (χ3n) is 4.30. The van der Waals surface area contributed by atoms with Crippen molar-refractivity contribution in [2.45, 2.75) is 13.0 Å². The van der Waals surface area contributed by atoms with Crippen molar-refractivity contribution in [3.63, 3.8) is 0 Å². The van der Waals surface area contributed by atoms with Crippen molar-refractivity contribution in [2.75, 3.05) is 31.1 Å². The molecule has 3 rings (SSSR count). The Morgan fingerprint density at radius 2 is 1.77 bits per heavy atom. The second kappa shape index (κ2) is 8.18. The number of piperazine rings is 1. The van der Waals surface area contributed by atoms with Crippen molar-refractivity contribution in [3.05, 3.63) is 50.9 Å². The van der Waals surface area contributed by atoms with Crippen LogP contribution in [0.25, 0.3) is 0 Å². The largest absolute Gasteiger partial charge is 0.368 e. The van der Waals surface area contributed by atoms with Crippen molar-refractivity contribution < 1.29 is 14.0 Å². The Labute approximate surface area is 163 Å². The van der Waals surface area contributed by atoms with Gasteiger partial charge in [-0.25, -0.2) is 4.39 Å². The highest BCUT2D eigenvalue weighted by Crippen LogP contribution is 2.22. The maximum absolute atomic E-state index is 13.0. The van der Waals surface area contributed by atoms with Crippen LogP contribution in [0.15, 0.2) is 40.2 Å². The number of benzene rings is 1. The molecule has 0 bridgehead atoms. The fourth-order valence-electron chi connectivity index (χ4n) is 2.88. The molecule has 1 saturated heterocycles. The molecule has 1 N–H and O–H groups in total. The second-order valence-corrected chi connectivity index (χ2v) is 8.55. The number of thiophene rings is 1. The van der Waals surface area contributed by atoms with E-state index < -0.39 is 6.04 Å². The van der Waals surface area contributed by atoms with Crippen LogP contribution in [0.3, 0.4) is 0 Å². The molecular weight excluding hydrogens is 421 g/mol. The van der Waals surface area contributed by atoms with Gasteiger partial charge in [-0.05, 0) is 59.3 Å². The number of rotatable bonds is 4. The van der Waals surface area contributed by atoms with Crippen LogP contribution >= 0.6 is 27.3 Å². The Morgan fingerprint density at radius 3 is 2.35 bits per heavy atom. The van der Waals surface area contributed by atoms with E-state index in [1.54, 1.807) is 36.1 Å². The number of carbonyl (C=O) groups excluding carboxylic acids is 2. The fraction of sp³-hybridized carbons (Fsp3) is 0.333. The van der Waals surface area contributed by atoms with Gasteiger partial charge in [0.05, 0.1) is 8.66 Å². The van der Waals surface area contributed by atoms with Gasteiger partial charge >= 0.3 is 0 Å². The number of hydrogen-bond acceptors (Lipinski definition) is 4. The molecule has 2 heterocycles. The van der Waals surface area contributed by atoms with E-state index in [0.717, 1.165) is 9.47 Å². The van der Waals surface area contributed by atoms with Crippen LogP contribution in [-0.2, 0) is 4.79 Å². The molecule has 0 aliphatic carbocycles. The minimum Gasteiger partial charge on any atom is -0.368 e. The first-order valence-electron chi connectivity index (χ1n) is 8.29. The van der Waals surface area contributed by atoms with Gasteiger partial charge in [-0.2, -0.15) is 0 Å². The molecule has 1 aliphatic heterocycles. The van der Waals surface area contributed by atoms with E-state index in [9.17, 15) is 14.0 Å². The summed E-state index contributed by atoms with van der Waals surface area (Å²) < 4.78 is 13.9. The molecule has 1 fully saturated rings. The SMILES string of the molecule is CC(NC(=O)c1ccc(Br)s1)C(=O)N1CCN(c2ccc(F)cc2)CC1. The number of halogens is 2. The molecule has 5 nitrogen and oxygen atoms in total. The molecule has 2 aromatic rings. The highest BCUT2D eigenvalue weighted by Gasteiger charge is 2.26. The third kappa shape index (κ3) is 4.42. The number of carbonyl (C=O) groups is 2. The van der Waals surface area contributed by atoms with Crippen LogP contribution in [0.5, 0.6) is 0 Å². The fourth-order valence-corrected chi connectivity index (χ4v) is 4.17. The summed E-state index contributed by atoms with van der Waals surface area (Å²) in [6.07, 6.45) is 0. The van der Waals surface area contributed by atoms with E-state index >= 15 is 0 Å². The van der Waals surface area contributed by atoms with E-state index in [4.69, 9.17) is 0 Å². The minimum absolute atomic E-state index is 0.0901. The van der Waals surface area contributed by atoms with E-state index in [1.165, 1.54) is 23.5 Å². The number of nitrogens with one attached hydrogen (secondary N) is 1. The first kappa shape index (κ1) is 18.8. The summed E-state index contributed by atoms with van der Waals surface area (Å²) in [4.78, 5) is 29.2. The Balaban J connectivity index is 1.52. The van der Waals surface area contributed by atoms with Crippen LogP contribution in [0, 0.1) is 5.82 Å². The van der Waals surface area contributed by atoms with Crippen LogP contribution in [0.1, 0.15) is 16.6 Å². The topological polar surface area (TPSA) is 52.7 Å². The highest BCUT2D eigenvalue weighted by atomic mass is 79.9. The highest BCUT2D eigenvalue weighted by molar-refractivity contribution is 9.11. The molecule has 1 atom stereocenters. The third-order valence-corrected chi connectivity index (χ3v) is 5.92. The van der Waals surface area contributed by atoms with Gasteiger partial charge in [-0.1, -0.05) is 0 Å². The van der Waals surface area contributed by atoms with Gasteiger partial charge in [0.1, 0.15) is 11.9 Å². The minimum atomic E-state index is -0.583. The molecule has 1 aromatic heterocycles. The normalized spacial score (nSPS) is 15.7. The smallest absolute Gasteiger partial charge is 0.262 e. The van der Waals surface area contributed by atoms with Gasteiger partial charge in [0, 0.05) is 31.9 Å². The number of nitrogens with zero attached hydrogens (tertiary/aromatic N) is 2. The average Bonchev–Trinajstić information content (AvgIpc) is 3.08. The Hall–Kier alpha value is -1.93. The first-order chi connectivity index (χ1) is 12.4. The van der Waals surface area contributed by atoms with Gasteiger partial charge < -0.3 is 15.1 Å². The average molecular weight is 440 g/mol. The van der Waals surface area contributed by atoms with Gasteiger partial charge in [0.25, 0.3) is 5.91 Å². The summed E-state index contributed by atoms with van der Waals surface area (Å²) in [5, 5.41) is 2.76. The lowest BCUT2D eigenvalue weighted by Crippen LogP contribution is -2.54. The van der Waals surface area contributed by atoms with Crippen molar-refractivity contribution in [1.29, 1.82) is 0 Å². The van der Waals surface area contributed by atoms with Crippen LogP contribution < -0.4 is 10.2 Å². The lowest BCUT2D eigenvalue weighted by molar-refractivity contribution is -0.133. The summed E-state index contributed by atoms with van der Waals surface area (Å²) in [6, 6.07) is 9.31. The molecule has 1 aliphatic rings. The van der Waals surface area contributed by atoms with E-state index in [0.29, 0.717) is 31.1 Å². The lowest BCUT2D eigenvalue weighted by atomic mass is 10.2. The molecule has 26 heavy (non-hydrogen) atoms. The summed E-state index contributed by atoms with van der Waals surface area (Å²) in [5.41, 5.74) is 0.947. The van der Waals surface area contributed by atoms with Gasteiger partial charge in [-0.3, -0.25) is 9.59 Å². The molecule has 1 unspecified atom stereocenters. The molecule has 138 valence electrons. The number of hydrogen-bond donors (Lipinski definition) is 1. The monoisotopic (exact) mass is 439 g/mol. The number of anilines is 1. The standard InChI is InChI=1S/C18H19BrFN3O2S/c1-12(21-17(24)15-6-7-16(19)26-15)18(25)23-10-8-22(9-11-23)14-4-2-13(20)3-5-14/h2-7,12H,8-11H2,1H3,(H,21,24). The van der Waals surface area contributed by atoms with Gasteiger partial charge in [0.2, 0.25) is 5.91 Å². The quantitative estimate of drug-likeness (QED) is 0.795. The lowest BCUT2D eigenvalue weighted by Gasteiger charge is -2.37. The molecule has 8 heteroatoms. The van der Waals surface area contributed by atoms with Crippen LogP contribution in [0.2, 0.25) is 0 Å². The van der Waals surface area contributed by atoms with Crippen molar-refractivity contribution in [1.82, 2.24) is 10.2 Å². The van der Waals surface area contributed by atoms with Crippen molar-refractivity contribution in [3.8, 4) is 0 Å². The Kier molecular flexibility index (Phi) is 5.93. The van der Waals surface area contributed by atoms with E-state index in [2.05, 4.69) is 26.1 Å². The second-order valence-electron chi connectivity index (χ2n) is 6.09. The van der Waals surface area contributed by atoms with Crippen molar-refractivity contribution in [2.24, 2.45) is 0 Å². The summed E-state index contributed by atoms with van der Waals surface area (Å²) in [7, 11) is 0. The molecule has 2 amide bonds. The zero-order valence-corrected chi connectivity index (χ0v) is 16.6. The Morgan fingerprint density at radius 1 is 1.12 bits per heavy atom. The van der Waals surface area contributed by atoms with Crippen LogP contribution in [0.4, 0.5) is 10.1 Å². The molecule has 0 saturated carbocycles. The van der Waals surface area contributed by atoms with Crippen molar-refractivity contribution >= 4 is 44.8 Å². The number of amides is 2. The van der Waals surface area contributed by atoms with Crippen LogP contribution in [-0.4, -0.2) is 48.9 Å². The van der Waals surface area contributed by atoms with Gasteiger partial charge in [-0.15, -0.1) is 11.3 Å². The van der Waals surface area contributed by atoms with E-state index in [-0.39, 0.29) is 17.6 Å². The zero-order chi connectivity index (χ0) is 18.7. The first-order valence-corrected chi connectivity index (χ1v) is 9.90. The predicted octanol–water partition coefficient (Wildman–Crippen LogP) is 3.12. The Bertz CT molecular complexity index is 788. The van der Waals surface area contributed by atoms with Gasteiger partial charge in [0.15, 0.2) is 0 Å². The maximum Gasteiger partial charge on any atom is 0.262 e. The molecule has 0 spiro atoms. The summed E-state index contributed by atoms with van der Waals surface area (Å²) in [5.74, 6) is -0.593.